The van der Waals surface area contributed by atoms with Crippen LogP contribution in [0.5, 0.6) is 0 Å². The lowest BCUT2D eigenvalue weighted by Gasteiger charge is -2.41. The number of rotatable bonds is 3. The molecule has 1 fully saturated rings. The van der Waals surface area contributed by atoms with Crippen LogP contribution in [0.1, 0.15) is 71.8 Å². The zero-order valence-corrected chi connectivity index (χ0v) is 13.9. The molecule has 0 radical (unpaired) electrons. The standard InChI is InChI=1S/C19H31N/c1-14(2)15-10-12-16(13-11-15)20-18-9-7-6-8-17(18)19(3,4)5/h10-14,17-18,20H,6-9H2,1-5H3. The van der Waals surface area contributed by atoms with Crippen molar-refractivity contribution in [3.05, 3.63) is 29.8 Å². The predicted octanol–water partition coefficient (Wildman–Crippen LogP) is 5.83. The van der Waals surface area contributed by atoms with Gasteiger partial charge in [0, 0.05) is 11.7 Å². The summed E-state index contributed by atoms with van der Waals surface area (Å²) in [6, 6.07) is 9.67. The maximum Gasteiger partial charge on any atom is 0.0342 e. The van der Waals surface area contributed by atoms with Gasteiger partial charge in [-0.3, -0.25) is 0 Å². The monoisotopic (exact) mass is 273 g/mol. The minimum atomic E-state index is 0.399. The zero-order chi connectivity index (χ0) is 14.8. The van der Waals surface area contributed by atoms with Crippen LogP contribution in [0.25, 0.3) is 0 Å². The van der Waals surface area contributed by atoms with Crippen molar-refractivity contribution >= 4 is 5.69 Å². The Bertz CT molecular complexity index is 410. The van der Waals surface area contributed by atoms with Crippen molar-refractivity contribution in [3.8, 4) is 0 Å². The second kappa shape index (κ2) is 6.20. The first-order valence-corrected chi connectivity index (χ1v) is 8.24. The van der Waals surface area contributed by atoms with Gasteiger partial charge in [-0.05, 0) is 47.8 Å². The molecule has 1 aromatic carbocycles. The van der Waals surface area contributed by atoms with Gasteiger partial charge in [0.15, 0.2) is 0 Å². The molecule has 1 aliphatic rings. The average Bonchev–Trinajstić information content (AvgIpc) is 2.38. The molecule has 0 heterocycles. The van der Waals surface area contributed by atoms with Gasteiger partial charge in [-0.2, -0.15) is 0 Å². The lowest BCUT2D eigenvalue weighted by Crippen LogP contribution is -2.39. The van der Waals surface area contributed by atoms with Crippen molar-refractivity contribution in [3.63, 3.8) is 0 Å². The molecule has 1 heteroatoms. The van der Waals surface area contributed by atoms with Crippen LogP contribution < -0.4 is 5.32 Å². The first-order valence-electron chi connectivity index (χ1n) is 8.24. The summed E-state index contributed by atoms with van der Waals surface area (Å²) in [6.45, 7) is 11.7. The van der Waals surface area contributed by atoms with E-state index in [9.17, 15) is 0 Å². The summed E-state index contributed by atoms with van der Waals surface area (Å²) in [5.74, 6) is 1.39. The normalized spacial score (nSPS) is 23.9. The Balaban J connectivity index is 2.07. The molecule has 2 rings (SSSR count). The molecule has 20 heavy (non-hydrogen) atoms. The first kappa shape index (κ1) is 15.4. The minimum absolute atomic E-state index is 0.399. The van der Waals surface area contributed by atoms with Gasteiger partial charge in [-0.1, -0.05) is 59.6 Å². The molecule has 0 bridgehead atoms. The van der Waals surface area contributed by atoms with Crippen LogP contribution in [-0.2, 0) is 0 Å². The fourth-order valence-electron chi connectivity index (χ4n) is 3.52. The largest absolute Gasteiger partial charge is 0.382 e. The second-order valence-electron chi connectivity index (χ2n) is 7.78. The second-order valence-corrected chi connectivity index (χ2v) is 7.78. The molecule has 1 aliphatic carbocycles. The van der Waals surface area contributed by atoms with E-state index in [-0.39, 0.29) is 0 Å². The van der Waals surface area contributed by atoms with Crippen molar-refractivity contribution in [1.29, 1.82) is 0 Å². The quantitative estimate of drug-likeness (QED) is 0.731. The molecular formula is C19H31N. The Labute approximate surface area is 125 Å². The van der Waals surface area contributed by atoms with Crippen LogP contribution in [0.3, 0.4) is 0 Å². The van der Waals surface area contributed by atoms with Gasteiger partial charge >= 0.3 is 0 Å². The Morgan fingerprint density at radius 3 is 2.15 bits per heavy atom. The molecule has 1 aromatic rings. The molecule has 0 amide bonds. The molecule has 112 valence electrons. The topological polar surface area (TPSA) is 12.0 Å². The molecule has 2 atom stereocenters. The van der Waals surface area contributed by atoms with Gasteiger partial charge in [0.2, 0.25) is 0 Å². The van der Waals surface area contributed by atoms with E-state index >= 15 is 0 Å². The summed E-state index contributed by atoms with van der Waals surface area (Å²) in [4.78, 5) is 0. The fourth-order valence-corrected chi connectivity index (χ4v) is 3.52. The van der Waals surface area contributed by atoms with Crippen molar-refractivity contribution in [1.82, 2.24) is 0 Å². The third kappa shape index (κ3) is 3.77. The SMILES string of the molecule is CC(C)c1ccc(NC2CCCCC2C(C)(C)C)cc1. The molecule has 1 N–H and O–H groups in total. The molecule has 0 aliphatic heterocycles. The van der Waals surface area contributed by atoms with Crippen molar-refractivity contribution in [2.45, 2.75) is 72.3 Å². The summed E-state index contributed by atoms with van der Waals surface area (Å²) in [6.07, 6.45) is 5.44. The van der Waals surface area contributed by atoms with E-state index in [2.05, 4.69) is 64.2 Å². The third-order valence-electron chi connectivity index (χ3n) is 4.81. The highest BCUT2D eigenvalue weighted by Crippen LogP contribution is 2.39. The van der Waals surface area contributed by atoms with Crippen LogP contribution >= 0.6 is 0 Å². The molecule has 2 unspecified atom stereocenters. The Hall–Kier alpha value is -0.980. The summed E-state index contributed by atoms with van der Waals surface area (Å²) in [5, 5.41) is 3.80. The number of benzene rings is 1. The van der Waals surface area contributed by atoms with Crippen LogP contribution in [0.15, 0.2) is 24.3 Å². The maximum absolute atomic E-state index is 3.80. The van der Waals surface area contributed by atoms with E-state index in [0.29, 0.717) is 17.4 Å². The summed E-state index contributed by atoms with van der Waals surface area (Å²) in [7, 11) is 0. The molecular weight excluding hydrogens is 242 g/mol. The average molecular weight is 273 g/mol. The first-order chi connectivity index (χ1) is 9.38. The minimum Gasteiger partial charge on any atom is -0.382 e. The van der Waals surface area contributed by atoms with Crippen LogP contribution in [0.4, 0.5) is 5.69 Å². The van der Waals surface area contributed by atoms with Gasteiger partial charge in [-0.15, -0.1) is 0 Å². The van der Waals surface area contributed by atoms with E-state index in [4.69, 9.17) is 0 Å². The highest BCUT2D eigenvalue weighted by Gasteiger charge is 2.33. The number of hydrogen-bond acceptors (Lipinski definition) is 1. The van der Waals surface area contributed by atoms with Gasteiger partial charge in [-0.25, -0.2) is 0 Å². The van der Waals surface area contributed by atoms with E-state index in [1.165, 1.54) is 36.9 Å². The zero-order valence-electron chi connectivity index (χ0n) is 13.9. The molecule has 0 spiro atoms. The van der Waals surface area contributed by atoms with Crippen LogP contribution in [-0.4, -0.2) is 6.04 Å². The lowest BCUT2D eigenvalue weighted by molar-refractivity contribution is 0.163. The van der Waals surface area contributed by atoms with Crippen LogP contribution in [0.2, 0.25) is 0 Å². The predicted molar refractivity (Wildman–Crippen MR) is 89.4 cm³/mol. The number of anilines is 1. The van der Waals surface area contributed by atoms with E-state index in [0.717, 1.165) is 5.92 Å². The summed E-state index contributed by atoms with van der Waals surface area (Å²) in [5.41, 5.74) is 3.11. The fraction of sp³-hybridized carbons (Fsp3) is 0.684. The third-order valence-corrected chi connectivity index (χ3v) is 4.81. The van der Waals surface area contributed by atoms with Crippen molar-refractivity contribution in [2.24, 2.45) is 11.3 Å². The number of hydrogen-bond donors (Lipinski definition) is 1. The summed E-state index contributed by atoms with van der Waals surface area (Å²) >= 11 is 0. The van der Waals surface area contributed by atoms with Crippen molar-refractivity contribution < 1.29 is 0 Å². The van der Waals surface area contributed by atoms with Gasteiger partial charge in [0.25, 0.3) is 0 Å². The van der Waals surface area contributed by atoms with Crippen LogP contribution in [0, 0.1) is 11.3 Å². The van der Waals surface area contributed by atoms with Gasteiger partial charge in [0.1, 0.15) is 0 Å². The van der Waals surface area contributed by atoms with Crippen molar-refractivity contribution in [2.75, 3.05) is 5.32 Å². The smallest absolute Gasteiger partial charge is 0.0342 e. The highest BCUT2D eigenvalue weighted by molar-refractivity contribution is 5.46. The Kier molecular flexibility index (Phi) is 4.78. The Morgan fingerprint density at radius 2 is 1.60 bits per heavy atom. The van der Waals surface area contributed by atoms with Gasteiger partial charge < -0.3 is 5.32 Å². The van der Waals surface area contributed by atoms with E-state index < -0.39 is 0 Å². The number of nitrogens with one attached hydrogen (secondary N) is 1. The lowest BCUT2D eigenvalue weighted by atomic mass is 9.69. The maximum atomic E-state index is 3.80. The van der Waals surface area contributed by atoms with Gasteiger partial charge in [0.05, 0.1) is 0 Å². The highest BCUT2D eigenvalue weighted by atomic mass is 14.9. The Morgan fingerprint density at radius 1 is 1.00 bits per heavy atom. The molecule has 0 aromatic heterocycles. The molecule has 0 saturated heterocycles. The van der Waals surface area contributed by atoms with E-state index in [1.54, 1.807) is 0 Å². The van der Waals surface area contributed by atoms with E-state index in [1.807, 2.05) is 0 Å². The molecule has 1 saturated carbocycles. The molecule has 1 nitrogen and oxygen atoms in total. The summed E-state index contributed by atoms with van der Waals surface area (Å²) < 4.78 is 0.